The Morgan fingerprint density at radius 3 is 2.90 bits per heavy atom. The van der Waals surface area contributed by atoms with E-state index in [9.17, 15) is 8.42 Å². The fourth-order valence-corrected chi connectivity index (χ4v) is 3.21. The number of ether oxygens (including phenoxy) is 1. The van der Waals surface area contributed by atoms with Gasteiger partial charge in [0.1, 0.15) is 11.9 Å². The number of nitriles is 1. The maximum absolute atomic E-state index is 12.1. The van der Waals surface area contributed by atoms with Gasteiger partial charge in [-0.25, -0.2) is 13.4 Å². The Labute approximate surface area is 118 Å². The number of morpholine rings is 1. The second-order valence-electron chi connectivity index (χ2n) is 4.27. The van der Waals surface area contributed by atoms with E-state index >= 15 is 0 Å². The van der Waals surface area contributed by atoms with E-state index in [0.717, 1.165) is 0 Å². The second-order valence-corrected chi connectivity index (χ2v) is 6.35. The molecule has 0 bridgehead atoms. The quantitative estimate of drug-likeness (QED) is 0.823. The van der Waals surface area contributed by atoms with Gasteiger partial charge in [0.2, 0.25) is 10.0 Å². The molecule has 8 heteroatoms. The van der Waals surface area contributed by atoms with Crippen molar-refractivity contribution in [2.75, 3.05) is 43.9 Å². The zero-order valence-corrected chi connectivity index (χ0v) is 11.8. The van der Waals surface area contributed by atoms with Crippen LogP contribution in [0.3, 0.4) is 0 Å². The topological polar surface area (TPSA) is 95.3 Å². The van der Waals surface area contributed by atoms with E-state index in [2.05, 4.69) is 10.3 Å². The maximum Gasteiger partial charge on any atom is 0.215 e. The molecule has 1 aromatic heterocycles. The van der Waals surface area contributed by atoms with Gasteiger partial charge in [-0.05, 0) is 12.1 Å². The monoisotopic (exact) mass is 296 g/mol. The summed E-state index contributed by atoms with van der Waals surface area (Å²) in [5.74, 6) is 0.376. The van der Waals surface area contributed by atoms with Gasteiger partial charge < -0.3 is 10.1 Å². The standard InChI is InChI=1S/C12H16N4O3S/c13-10-11-2-1-3-14-12(11)15-4-9-20(17,18)16-5-7-19-8-6-16/h1-3H,4-9H2,(H,14,15). The molecule has 0 spiro atoms. The maximum atomic E-state index is 12.1. The number of pyridine rings is 1. The summed E-state index contributed by atoms with van der Waals surface area (Å²) in [6.07, 6.45) is 1.56. The van der Waals surface area contributed by atoms with Crippen molar-refractivity contribution < 1.29 is 13.2 Å². The first-order valence-electron chi connectivity index (χ1n) is 6.28. The van der Waals surface area contributed by atoms with Gasteiger partial charge in [0, 0.05) is 25.8 Å². The summed E-state index contributed by atoms with van der Waals surface area (Å²) < 4.78 is 30.7. The van der Waals surface area contributed by atoms with E-state index in [1.807, 2.05) is 6.07 Å². The molecule has 1 N–H and O–H groups in total. The molecule has 1 saturated heterocycles. The van der Waals surface area contributed by atoms with Crippen LogP contribution in [0.25, 0.3) is 0 Å². The Hall–Kier alpha value is -1.69. The smallest absolute Gasteiger partial charge is 0.215 e. The molecule has 0 aliphatic carbocycles. The average molecular weight is 296 g/mol. The highest BCUT2D eigenvalue weighted by Crippen LogP contribution is 2.10. The van der Waals surface area contributed by atoms with Gasteiger partial charge in [-0.2, -0.15) is 9.57 Å². The largest absolute Gasteiger partial charge is 0.379 e. The van der Waals surface area contributed by atoms with Crippen LogP contribution in [0.1, 0.15) is 5.56 Å². The number of sulfonamides is 1. The molecule has 0 amide bonds. The molecule has 1 aliphatic rings. The summed E-state index contributed by atoms with van der Waals surface area (Å²) in [6.45, 7) is 1.88. The first-order chi connectivity index (χ1) is 9.63. The second kappa shape index (κ2) is 6.65. The summed E-state index contributed by atoms with van der Waals surface area (Å²) in [5.41, 5.74) is 0.399. The van der Waals surface area contributed by atoms with Crippen LogP contribution < -0.4 is 5.32 Å². The van der Waals surface area contributed by atoms with Crippen LogP contribution in [0, 0.1) is 11.3 Å². The number of aromatic nitrogens is 1. The van der Waals surface area contributed by atoms with Gasteiger partial charge in [0.25, 0.3) is 0 Å². The molecular formula is C12H16N4O3S. The van der Waals surface area contributed by atoms with Crippen molar-refractivity contribution in [3.63, 3.8) is 0 Å². The van der Waals surface area contributed by atoms with E-state index < -0.39 is 10.0 Å². The number of nitrogens with one attached hydrogen (secondary N) is 1. The van der Waals surface area contributed by atoms with Gasteiger partial charge >= 0.3 is 0 Å². The van der Waals surface area contributed by atoms with Gasteiger partial charge in [-0.15, -0.1) is 0 Å². The molecule has 0 aromatic carbocycles. The van der Waals surface area contributed by atoms with Crippen LogP contribution in [-0.4, -0.2) is 56.3 Å². The minimum Gasteiger partial charge on any atom is -0.379 e. The molecule has 20 heavy (non-hydrogen) atoms. The van der Waals surface area contributed by atoms with E-state index in [4.69, 9.17) is 10.00 Å². The molecule has 108 valence electrons. The Bertz CT molecular complexity index is 591. The number of nitrogens with zero attached hydrogens (tertiary/aromatic N) is 3. The fourth-order valence-electron chi connectivity index (χ4n) is 1.89. The lowest BCUT2D eigenvalue weighted by molar-refractivity contribution is 0.0731. The normalized spacial score (nSPS) is 16.6. The Balaban J connectivity index is 1.90. The average Bonchev–Trinajstić information content (AvgIpc) is 2.48. The highest BCUT2D eigenvalue weighted by molar-refractivity contribution is 7.89. The molecular weight excluding hydrogens is 280 g/mol. The zero-order chi connectivity index (χ0) is 14.4. The van der Waals surface area contributed by atoms with Crippen molar-refractivity contribution >= 4 is 15.8 Å². The summed E-state index contributed by atoms with van der Waals surface area (Å²) in [4.78, 5) is 4.02. The molecule has 0 saturated carbocycles. The summed E-state index contributed by atoms with van der Waals surface area (Å²) in [5, 5.41) is 11.8. The van der Waals surface area contributed by atoms with Crippen molar-refractivity contribution in [1.29, 1.82) is 5.26 Å². The minimum atomic E-state index is -3.29. The third-order valence-electron chi connectivity index (χ3n) is 2.94. The lowest BCUT2D eigenvalue weighted by Crippen LogP contribution is -2.42. The third-order valence-corrected chi connectivity index (χ3v) is 4.82. The van der Waals surface area contributed by atoms with Crippen molar-refractivity contribution in [3.8, 4) is 6.07 Å². The van der Waals surface area contributed by atoms with Crippen LogP contribution in [-0.2, 0) is 14.8 Å². The van der Waals surface area contributed by atoms with Crippen molar-refractivity contribution in [2.24, 2.45) is 0 Å². The lowest BCUT2D eigenvalue weighted by atomic mass is 10.3. The predicted molar refractivity (Wildman–Crippen MR) is 73.6 cm³/mol. The zero-order valence-electron chi connectivity index (χ0n) is 10.9. The van der Waals surface area contributed by atoms with E-state index in [0.29, 0.717) is 37.7 Å². The number of rotatable bonds is 5. The van der Waals surface area contributed by atoms with E-state index in [-0.39, 0.29) is 12.3 Å². The number of anilines is 1. The highest BCUT2D eigenvalue weighted by Gasteiger charge is 2.23. The van der Waals surface area contributed by atoms with E-state index in [1.54, 1.807) is 18.3 Å². The van der Waals surface area contributed by atoms with Gasteiger partial charge in [0.05, 0.1) is 24.5 Å². The van der Waals surface area contributed by atoms with Crippen LogP contribution in [0.5, 0.6) is 0 Å². The van der Waals surface area contributed by atoms with Crippen LogP contribution in [0.4, 0.5) is 5.82 Å². The van der Waals surface area contributed by atoms with Crippen molar-refractivity contribution in [2.45, 2.75) is 0 Å². The van der Waals surface area contributed by atoms with Gasteiger partial charge in [0.15, 0.2) is 0 Å². The third kappa shape index (κ3) is 3.66. The van der Waals surface area contributed by atoms with Gasteiger partial charge in [-0.1, -0.05) is 0 Å². The molecule has 0 unspecified atom stereocenters. The lowest BCUT2D eigenvalue weighted by Gasteiger charge is -2.26. The fraction of sp³-hybridized carbons (Fsp3) is 0.500. The van der Waals surface area contributed by atoms with Crippen LogP contribution in [0.15, 0.2) is 18.3 Å². The van der Waals surface area contributed by atoms with Crippen LogP contribution >= 0.6 is 0 Å². The number of hydrogen-bond acceptors (Lipinski definition) is 6. The van der Waals surface area contributed by atoms with Gasteiger partial charge in [-0.3, -0.25) is 0 Å². The molecule has 1 aromatic rings. The molecule has 7 nitrogen and oxygen atoms in total. The Kier molecular flexibility index (Phi) is 4.89. The molecule has 1 fully saturated rings. The first kappa shape index (κ1) is 14.7. The van der Waals surface area contributed by atoms with Crippen LogP contribution in [0.2, 0.25) is 0 Å². The van der Waals surface area contributed by atoms with Crippen molar-refractivity contribution in [1.82, 2.24) is 9.29 Å². The highest BCUT2D eigenvalue weighted by atomic mass is 32.2. The molecule has 1 aliphatic heterocycles. The molecule has 0 radical (unpaired) electrons. The summed E-state index contributed by atoms with van der Waals surface area (Å²) >= 11 is 0. The Morgan fingerprint density at radius 1 is 1.45 bits per heavy atom. The SMILES string of the molecule is N#Cc1cccnc1NCCS(=O)(=O)N1CCOCC1. The molecule has 2 heterocycles. The minimum absolute atomic E-state index is 0.0333. The summed E-state index contributed by atoms with van der Waals surface area (Å²) in [6, 6.07) is 5.30. The molecule has 2 rings (SSSR count). The predicted octanol–water partition coefficient (Wildman–Crippen LogP) is 0.0272. The first-order valence-corrected chi connectivity index (χ1v) is 7.89. The van der Waals surface area contributed by atoms with Crippen molar-refractivity contribution in [3.05, 3.63) is 23.9 Å². The number of hydrogen-bond donors (Lipinski definition) is 1. The Morgan fingerprint density at radius 2 is 2.20 bits per heavy atom. The van der Waals surface area contributed by atoms with E-state index in [1.165, 1.54) is 4.31 Å². The summed E-state index contributed by atoms with van der Waals surface area (Å²) in [7, 11) is -3.29. The molecule has 0 atom stereocenters.